The molecule has 0 amide bonds. The van der Waals surface area contributed by atoms with Gasteiger partial charge in [0.15, 0.2) is 0 Å². The molecule has 0 N–H and O–H groups in total. The molecule has 0 spiro atoms. The Morgan fingerprint density at radius 1 is 0.806 bits per heavy atom. The summed E-state index contributed by atoms with van der Waals surface area (Å²) in [7, 11) is 2.14. The first-order valence-electron chi connectivity index (χ1n) is 11.7. The standard InChI is InChI=1S/C16H12N.C13H9.C2H6Si.2ClH.Zr/c1-17-14-9-5-4-8-13(14)16-12-7-3-2-6-11(12)10-15(16)17;1-3-7-12-10(5-1)9-11-6-2-4-8-13(11)12;1-3-2;;;/h2-10H,1H3;1-5,7-8H,9H2;1-2H3;2*1H;/q2*-1;;;;+2/p-2. The van der Waals surface area contributed by atoms with E-state index in [1.54, 1.807) is 23.3 Å². The smallest absolute Gasteiger partial charge is 0.0373 e. The summed E-state index contributed by atoms with van der Waals surface area (Å²) in [6.45, 7) is 4.62. The summed E-state index contributed by atoms with van der Waals surface area (Å²) in [5.74, 6) is 0. The first kappa shape index (κ1) is 28.5. The SMILES string of the molecule is C[Si](C)=[Zr+2].Cn1c2ccccc2c2c3ccccc3[cH-]c21.[Cl-].[Cl-].[c-]1cccc2c1Cc1ccccc1-2. The number of hydrogen-bond donors (Lipinski definition) is 0. The van der Waals surface area contributed by atoms with Crippen molar-refractivity contribution in [3.8, 4) is 11.1 Å². The van der Waals surface area contributed by atoms with Gasteiger partial charge in [-0.3, -0.25) is 0 Å². The van der Waals surface area contributed by atoms with Crippen LogP contribution in [0.3, 0.4) is 0 Å². The van der Waals surface area contributed by atoms with Crippen molar-refractivity contribution in [2.75, 3.05) is 0 Å². The third-order valence-corrected chi connectivity index (χ3v) is 6.29. The van der Waals surface area contributed by atoms with E-state index in [1.807, 2.05) is 6.07 Å². The molecule has 5 aromatic carbocycles. The van der Waals surface area contributed by atoms with Crippen LogP contribution < -0.4 is 24.8 Å². The van der Waals surface area contributed by atoms with Crippen LogP contribution in [0.4, 0.5) is 0 Å². The van der Waals surface area contributed by atoms with Gasteiger partial charge in [0.25, 0.3) is 0 Å². The Kier molecular flexibility index (Phi) is 9.89. The van der Waals surface area contributed by atoms with Crippen LogP contribution in [0.25, 0.3) is 43.7 Å². The molecule has 0 aliphatic heterocycles. The van der Waals surface area contributed by atoms with Crippen LogP contribution >= 0.6 is 0 Å². The Morgan fingerprint density at radius 2 is 1.42 bits per heavy atom. The summed E-state index contributed by atoms with van der Waals surface area (Å²) in [6.07, 6.45) is 1.05. The largest absolute Gasteiger partial charge is 1.00 e. The minimum atomic E-state index is 0. The number of halogens is 2. The van der Waals surface area contributed by atoms with E-state index in [-0.39, 0.29) is 30.2 Å². The second-order valence-electron chi connectivity index (χ2n) is 8.96. The minimum absolute atomic E-state index is 0. The second kappa shape index (κ2) is 12.5. The molecule has 0 radical (unpaired) electrons. The molecule has 7 rings (SSSR count). The fourth-order valence-corrected chi connectivity index (χ4v) is 4.86. The predicted octanol–water partition coefficient (Wildman–Crippen LogP) is 2.05. The van der Waals surface area contributed by atoms with Crippen molar-refractivity contribution in [3.63, 3.8) is 0 Å². The Bertz CT molecular complexity index is 1600. The minimum Gasteiger partial charge on any atom is -1.00 e. The van der Waals surface area contributed by atoms with E-state index in [0.29, 0.717) is 0 Å². The summed E-state index contributed by atoms with van der Waals surface area (Å²) in [5, 5.41) is 5.43. The average molecular weight is 604 g/mol. The summed E-state index contributed by atoms with van der Waals surface area (Å²) in [5.41, 5.74) is 8.36. The van der Waals surface area contributed by atoms with Crippen LogP contribution in [0.5, 0.6) is 0 Å². The molecule has 0 unspecified atom stereocenters. The molecule has 1 aromatic heterocycles. The van der Waals surface area contributed by atoms with Crippen LogP contribution in [-0.4, -0.2) is 10.0 Å². The normalized spacial score (nSPS) is 10.8. The van der Waals surface area contributed by atoms with Crippen molar-refractivity contribution >= 4 is 38.0 Å². The van der Waals surface area contributed by atoms with Gasteiger partial charge in [-0.25, -0.2) is 0 Å². The first-order valence-corrected chi connectivity index (χ1v) is 17.8. The fraction of sp³-hybridized carbons (Fsp3) is 0.129. The molecule has 5 heteroatoms. The van der Waals surface area contributed by atoms with E-state index in [4.69, 9.17) is 0 Å². The number of hydrogen-bond acceptors (Lipinski definition) is 0. The third kappa shape index (κ3) is 5.60. The van der Waals surface area contributed by atoms with Crippen molar-refractivity contribution in [1.29, 1.82) is 0 Å². The van der Waals surface area contributed by atoms with Gasteiger partial charge in [0.05, 0.1) is 0 Å². The van der Waals surface area contributed by atoms with Gasteiger partial charge in [-0.1, -0.05) is 65.0 Å². The van der Waals surface area contributed by atoms with E-state index in [1.165, 1.54) is 54.8 Å². The zero-order valence-electron chi connectivity index (χ0n) is 20.6. The molecule has 1 aliphatic carbocycles. The fourth-order valence-electron chi connectivity index (χ4n) is 4.86. The Morgan fingerprint density at radius 3 is 2.19 bits per heavy atom. The Balaban J connectivity index is 0.000000171. The number of nitrogens with zero attached hydrogens (tertiary/aromatic N) is 1. The number of benzene rings is 4. The van der Waals surface area contributed by atoms with Gasteiger partial charge in [0.1, 0.15) is 0 Å². The predicted molar refractivity (Wildman–Crippen MR) is 145 cm³/mol. The van der Waals surface area contributed by atoms with Gasteiger partial charge in [0, 0.05) is 12.6 Å². The topological polar surface area (TPSA) is 4.93 Å². The van der Waals surface area contributed by atoms with Crippen LogP contribution in [0, 0.1) is 6.07 Å². The van der Waals surface area contributed by atoms with E-state index < -0.39 is 0 Å². The van der Waals surface area contributed by atoms with Gasteiger partial charge >= 0.3 is 41.9 Å². The molecule has 1 aliphatic rings. The van der Waals surface area contributed by atoms with E-state index >= 15 is 0 Å². The maximum Gasteiger partial charge on any atom is 0.0373 e. The molecular weight excluding hydrogens is 577 g/mol. The second-order valence-corrected chi connectivity index (χ2v) is 18.3. The maximum absolute atomic E-state index is 3.30. The van der Waals surface area contributed by atoms with Crippen LogP contribution in [0.2, 0.25) is 13.1 Å². The van der Waals surface area contributed by atoms with Gasteiger partial charge in [-0.15, -0.1) is 40.6 Å². The number of rotatable bonds is 0. The Hall–Kier alpha value is -2.03. The maximum atomic E-state index is 3.30. The molecule has 1 heterocycles. The molecule has 0 saturated heterocycles. The molecule has 0 saturated carbocycles. The van der Waals surface area contributed by atoms with Crippen LogP contribution in [-0.2, 0) is 36.8 Å². The average Bonchev–Trinajstić information content (AvgIpc) is 3.50. The molecule has 0 fully saturated rings. The van der Waals surface area contributed by atoms with E-state index in [2.05, 4.69) is 122 Å². The van der Waals surface area contributed by atoms with Crippen LogP contribution in [0.1, 0.15) is 11.1 Å². The molecule has 180 valence electrons. The molecule has 0 bridgehead atoms. The van der Waals surface area contributed by atoms with Gasteiger partial charge < -0.3 is 29.4 Å². The van der Waals surface area contributed by atoms with E-state index in [9.17, 15) is 0 Å². The summed E-state index contributed by atoms with van der Waals surface area (Å²) >= 11 is 1.74. The van der Waals surface area contributed by atoms with Crippen LogP contribution in [0.15, 0.2) is 97.1 Å². The zero-order valence-corrected chi connectivity index (χ0v) is 25.6. The van der Waals surface area contributed by atoms with Gasteiger partial charge in [-0.2, -0.15) is 29.8 Å². The number of aromatic nitrogens is 1. The molecule has 6 aromatic rings. The summed E-state index contributed by atoms with van der Waals surface area (Å²) < 4.78 is 2.28. The number of fused-ring (bicyclic) bond motifs is 8. The van der Waals surface area contributed by atoms with Crippen molar-refractivity contribution in [1.82, 2.24) is 4.57 Å². The number of para-hydroxylation sites is 1. The van der Waals surface area contributed by atoms with Gasteiger partial charge in [-0.05, 0) is 23.4 Å². The zero-order chi connectivity index (χ0) is 23.7. The molecular formula is C31H27Cl2NSiZr-2. The third-order valence-electron chi connectivity index (χ3n) is 6.29. The molecule has 1 nitrogen and oxygen atoms in total. The summed E-state index contributed by atoms with van der Waals surface area (Å²) in [4.78, 5) is 0. The number of aryl methyl sites for hydroxylation is 1. The van der Waals surface area contributed by atoms with Crippen molar-refractivity contribution in [3.05, 3.63) is 114 Å². The van der Waals surface area contributed by atoms with Gasteiger partial charge in [0.2, 0.25) is 0 Å². The molecule has 0 atom stereocenters. The van der Waals surface area contributed by atoms with E-state index in [0.717, 1.165) is 6.42 Å². The van der Waals surface area contributed by atoms with Crippen molar-refractivity contribution in [2.24, 2.45) is 7.05 Å². The van der Waals surface area contributed by atoms with Crippen molar-refractivity contribution < 1.29 is 48.1 Å². The monoisotopic (exact) mass is 601 g/mol. The Labute approximate surface area is 241 Å². The summed E-state index contributed by atoms with van der Waals surface area (Å²) in [6, 6.07) is 37.6. The quantitative estimate of drug-likeness (QED) is 0.185. The first-order chi connectivity index (χ1) is 16.5. The molecule has 36 heavy (non-hydrogen) atoms. The van der Waals surface area contributed by atoms with Crippen molar-refractivity contribution in [2.45, 2.75) is 19.5 Å².